The third-order valence-electron chi connectivity index (χ3n) is 1.71. The van der Waals surface area contributed by atoms with Crippen LogP contribution in [0.3, 0.4) is 0 Å². The predicted octanol–water partition coefficient (Wildman–Crippen LogP) is 2.82. The van der Waals surface area contributed by atoms with Crippen LogP contribution < -0.4 is 0 Å². The highest BCUT2D eigenvalue weighted by Gasteiger charge is 2.16. The van der Waals surface area contributed by atoms with Gasteiger partial charge in [0, 0.05) is 12.0 Å². The molecule has 0 aromatic carbocycles. The van der Waals surface area contributed by atoms with Crippen LogP contribution >= 0.6 is 23.1 Å². The van der Waals surface area contributed by atoms with E-state index in [-0.39, 0.29) is 0 Å². The standard InChI is InChI=1S/C8H8OS2/c9-7-2-1-4-10-8-6(7)3-5-11-8/h3,5H,1-2,4H2. The zero-order valence-electron chi connectivity index (χ0n) is 6.00. The Labute approximate surface area is 73.8 Å². The minimum absolute atomic E-state index is 0.325. The predicted molar refractivity (Wildman–Crippen MR) is 48.6 cm³/mol. The molecule has 0 spiro atoms. The van der Waals surface area contributed by atoms with Gasteiger partial charge in [0.05, 0.1) is 4.21 Å². The van der Waals surface area contributed by atoms with Gasteiger partial charge in [-0.3, -0.25) is 4.79 Å². The van der Waals surface area contributed by atoms with Gasteiger partial charge in [0.2, 0.25) is 0 Å². The molecule has 0 fully saturated rings. The first-order valence-electron chi connectivity index (χ1n) is 3.61. The minimum Gasteiger partial charge on any atom is -0.294 e. The highest BCUT2D eigenvalue weighted by Crippen LogP contribution is 2.33. The normalized spacial score (nSPS) is 17.6. The number of hydrogen-bond donors (Lipinski definition) is 0. The Bertz CT molecular complexity index is 277. The molecule has 0 amide bonds. The van der Waals surface area contributed by atoms with Crippen molar-refractivity contribution in [2.45, 2.75) is 17.1 Å². The van der Waals surface area contributed by atoms with Crippen molar-refractivity contribution < 1.29 is 4.79 Å². The fourth-order valence-corrected chi connectivity index (χ4v) is 3.28. The van der Waals surface area contributed by atoms with Crippen molar-refractivity contribution in [3.8, 4) is 0 Å². The van der Waals surface area contributed by atoms with E-state index in [0.29, 0.717) is 5.78 Å². The molecule has 2 heterocycles. The van der Waals surface area contributed by atoms with Crippen LogP contribution in [-0.4, -0.2) is 11.5 Å². The largest absolute Gasteiger partial charge is 0.294 e. The molecule has 2 rings (SSSR count). The molecule has 0 bridgehead atoms. The first-order valence-corrected chi connectivity index (χ1v) is 5.48. The summed E-state index contributed by atoms with van der Waals surface area (Å²) < 4.78 is 1.22. The molecular formula is C8H8OS2. The van der Waals surface area contributed by atoms with Crippen LogP contribution in [0.4, 0.5) is 0 Å². The van der Waals surface area contributed by atoms with Crippen molar-refractivity contribution in [2.75, 3.05) is 5.75 Å². The SMILES string of the molecule is O=C1CCCSc2sccc21. The molecule has 1 nitrogen and oxygen atoms in total. The molecule has 1 aliphatic heterocycles. The van der Waals surface area contributed by atoms with Crippen LogP contribution in [0.15, 0.2) is 15.7 Å². The summed E-state index contributed by atoms with van der Waals surface area (Å²) in [6, 6.07) is 1.95. The Balaban J connectivity index is 2.41. The van der Waals surface area contributed by atoms with Crippen LogP contribution in [0, 0.1) is 0 Å². The lowest BCUT2D eigenvalue weighted by atomic mass is 10.1. The van der Waals surface area contributed by atoms with Crippen molar-refractivity contribution in [3.05, 3.63) is 17.0 Å². The van der Waals surface area contributed by atoms with Gasteiger partial charge in [-0.2, -0.15) is 0 Å². The minimum atomic E-state index is 0.325. The number of rotatable bonds is 0. The third kappa shape index (κ3) is 1.35. The molecule has 1 aromatic heterocycles. The second kappa shape index (κ2) is 2.99. The molecule has 0 N–H and O–H groups in total. The average molecular weight is 184 g/mol. The summed E-state index contributed by atoms with van der Waals surface area (Å²) >= 11 is 3.50. The van der Waals surface area contributed by atoms with Crippen LogP contribution in [-0.2, 0) is 0 Å². The molecule has 0 saturated carbocycles. The molecule has 0 aliphatic carbocycles. The lowest BCUT2D eigenvalue weighted by molar-refractivity contribution is 0.0981. The maximum absolute atomic E-state index is 11.4. The van der Waals surface area contributed by atoms with Crippen molar-refractivity contribution in [3.63, 3.8) is 0 Å². The van der Waals surface area contributed by atoms with Crippen molar-refractivity contribution >= 4 is 28.9 Å². The van der Waals surface area contributed by atoms with Crippen LogP contribution in [0.1, 0.15) is 23.2 Å². The van der Waals surface area contributed by atoms with E-state index in [1.807, 2.05) is 23.2 Å². The Morgan fingerprint density at radius 3 is 3.27 bits per heavy atom. The van der Waals surface area contributed by atoms with Crippen LogP contribution in [0.5, 0.6) is 0 Å². The van der Waals surface area contributed by atoms with Gasteiger partial charge in [-0.05, 0) is 23.6 Å². The molecule has 1 aromatic rings. The van der Waals surface area contributed by atoms with Gasteiger partial charge in [-0.15, -0.1) is 23.1 Å². The van der Waals surface area contributed by atoms with E-state index < -0.39 is 0 Å². The Morgan fingerprint density at radius 1 is 1.45 bits per heavy atom. The first-order chi connectivity index (χ1) is 5.38. The summed E-state index contributed by atoms with van der Waals surface area (Å²) in [5, 5.41) is 2.00. The van der Waals surface area contributed by atoms with Crippen molar-refractivity contribution in [1.82, 2.24) is 0 Å². The Kier molecular flexibility index (Phi) is 2.00. The zero-order valence-corrected chi connectivity index (χ0v) is 7.63. The quantitative estimate of drug-likeness (QED) is 0.616. The molecule has 0 atom stereocenters. The van der Waals surface area contributed by atoms with Crippen molar-refractivity contribution in [1.29, 1.82) is 0 Å². The fourth-order valence-electron chi connectivity index (χ4n) is 1.15. The van der Waals surface area contributed by atoms with Gasteiger partial charge in [0.15, 0.2) is 5.78 Å². The highest BCUT2D eigenvalue weighted by atomic mass is 32.2. The summed E-state index contributed by atoms with van der Waals surface area (Å²) in [6.45, 7) is 0. The van der Waals surface area contributed by atoms with Crippen LogP contribution in [0.2, 0.25) is 0 Å². The second-order valence-electron chi connectivity index (χ2n) is 2.50. The van der Waals surface area contributed by atoms with E-state index in [1.54, 1.807) is 11.3 Å². The second-order valence-corrected chi connectivity index (χ2v) is 4.78. The van der Waals surface area contributed by atoms with E-state index in [9.17, 15) is 4.79 Å². The molecule has 58 valence electrons. The number of carbonyl (C=O) groups excluding carboxylic acids is 1. The van der Waals surface area contributed by atoms with E-state index in [0.717, 1.165) is 24.2 Å². The summed E-state index contributed by atoms with van der Waals surface area (Å²) in [7, 11) is 0. The Hall–Kier alpha value is -0.280. The van der Waals surface area contributed by atoms with Gasteiger partial charge in [0.25, 0.3) is 0 Å². The van der Waals surface area contributed by atoms with Gasteiger partial charge in [-0.25, -0.2) is 0 Å². The smallest absolute Gasteiger partial charge is 0.164 e. The zero-order chi connectivity index (χ0) is 7.68. The number of ketones is 1. The Morgan fingerprint density at radius 2 is 2.36 bits per heavy atom. The van der Waals surface area contributed by atoms with E-state index in [4.69, 9.17) is 0 Å². The molecule has 11 heavy (non-hydrogen) atoms. The number of hydrogen-bond acceptors (Lipinski definition) is 3. The summed E-state index contributed by atoms with van der Waals surface area (Å²) in [4.78, 5) is 11.4. The topological polar surface area (TPSA) is 17.1 Å². The highest BCUT2D eigenvalue weighted by molar-refractivity contribution is 8.01. The summed E-state index contributed by atoms with van der Waals surface area (Å²) in [5.74, 6) is 1.42. The summed E-state index contributed by atoms with van der Waals surface area (Å²) in [6.07, 6.45) is 1.77. The van der Waals surface area contributed by atoms with Gasteiger partial charge < -0.3 is 0 Å². The van der Waals surface area contributed by atoms with Gasteiger partial charge in [0.1, 0.15) is 0 Å². The van der Waals surface area contributed by atoms with E-state index in [1.165, 1.54) is 4.21 Å². The van der Waals surface area contributed by atoms with Crippen molar-refractivity contribution in [2.24, 2.45) is 0 Å². The van der Waals surface area contributed by atoms with E-state index >= 15 is 0 Å². The number of fused-ring (bicyclic) bond motifs is 1. The maximum Gasteiger partial charge on any atom is 0.164 e. The number of thiophene rings is 1. The van der Waals surface area contributed by atoms with Crippen LogP contribution in [0.25, 0.3) is 0 Å². The molecular weight excluding hydrogens is 176 g/mol. The molecule has 1 aliphatic rings. The van der Waals surface area contributed by atoms with Gasteiger partial charge >= 0.3 is 0 Å². The maximum atomic E-state index is 11.4. The number of Topliss-reactive ketones (excluding diaryl/α,β-unsaturated/α-hetero) is 1. The monoisotopic (exact) mass is 184 g/mol. The summed E-state index contributed by atoms with van der Waals surface area (Å²) in [5.41, 5.74) is 0.956. The molecule has 3 heteroatoms. The third-order valence-corrected chi connectivity index (χ3v) is 4.03. The first kappa shape index (κ1) is 7.37. The number of carbonyl (C=O) groups is 1. The number of thioether (sulfide) groups is 1. The average Bonchev–Trinajstić information content (AvgIpc) is 2.40. The molecule has 0 saturated heterocycles. The fraction of sp³-hybridized carbons (Fsp3) is 0.375. The lowest BCUT2D eigenvalue weighted by Crippen LogP contribution is -1.94. The van der Waals surface area contributed by atoms with Gasteiger partial charge in [-0.1, -0.05) is 0 Å². The molecule has 0 radical (unpaired) electrons. The molecule has 0 unspecified atom stereocenters. The van der Waals surface area contributed by atoms with E-state index in [2.05, 4.69) is 0 Å². The lowest BCUT2D eigenvalue weighted by Gasteiger charge is -1.91.